The molecule has 2 aromatic carbocycles. The molecule has 3 rings (SSSR count). The van der Waals surface area contributed by atoms with Crippen molar-refractivity contribution in [3.8, 4) is 22.5 Å². The standard InChI is InChI=1S/C16H12BrClN2O/c1-9-7-11(5-6-13(9)18)15-14(16(19)20-21-15)10-3-2-4-12(17)8-10/h2-8H,1H3,(H2,19,20). The van der Waals surface area contributed by atoms with Gasteiger partial charge in [0.05, 0.1) is 5.56 Å². The number of aryl methyl sites for hydroxylation is 1. The predicted octanol–water partition coefficient (Wildman–Crippen LogP) is 5.32. The van der Waals surface area contributed by atoms with Gasteiger partial charge >= 0.3 is 0 Å². The van der Waals surface area contributed by atoms with Gasteiger partial charge in [0.1, 0.15) is 0 Å². The second kappa shape index (κ2) is 5.54. The molecule has 0 saturated carbocycles. The summed E-state index contributed by atoms with van der Waals surface area (Å²) in [6, 6.07) is 13.6. The van der Waals surface area contributed by atoms with Crippen molar-refractivity contribution in [3.63, 3.8) is 0 Å². The monoisotopic (exact) mass is 362 g/mol. The van der Waals surface area contributed by atoms with Crippen LogP contribution in [-0.2, 0) is 0 Å². The fourth-order valence-electron chi connectivity index (χ4n) is 2.21. The zero-order chi connectivity index (χ0) is 15.0. The number of rotatable bonds is 2. The number of hydrogen-bond acceptors (Lipinski definition) is 3. The SMILES string of the molecule is Cc1cc(-c2onc(N)c2-c2cccc(Br)c2)ccc1Cl. The Balaban J connectivity index is 2.19. The van der Waals surface area contributed by atoms with E-state index in [9.17, 15) is 0 Å². The highest BCUT2D eigenvalue weighted by Crippen LogP contribution is 2.38. The molecule has 0 bridgehead atoms. The summed E-state index contributed by atoms with van der Waals surface area (Å²) < 4.78 is 6.41. The van der Waals surface area contributed by atoms with E-state index in [4.69, 9.17) is 21.9 Å². The van der Waals surface area contributed by atoms with E-state index in [0.717, 1.165) is 31.7 Å². The third kappa shape index (κ3) is 2.69. The molecule has 3 aromatic rings. The number of aromatic nitrogens is 1. The van der Waals surface area contributed by atoms with E-state index in [1.807, 2.05) is 49.4 Å². The fraction of sp³-hybridized carbons (Fsp3) is 0.0625. The summed E-state index contributed by atoms with van der Waals surface area (Å²) in [5.74, 6) is 1.01. The molecule has 0 aliphatic carbocycles. The van der Waals surface area contributed by atoms with Gasteiger partial charge in [-0.1, -0.05) is 44.8 Å². The second-order valence-electron chi connectivity index (χ2n) is 4.75. The number of nitrogens with two attached hydrogens (primary N) is 1. The van der Waals surface area contributed by atoms with E-state index >= 15 is 0 Å². The van der Waals surface area contributed by atoms with Gasteiger partial charge < -0.3 is 10.3 Å². The van der Waals surface area contributed by atoms with Crippen LogP contribution in [0.1, 0.15) is 5.56 Å². The van der Waals surface area contributed by atoms with E-state index in [1.54, 1.807) is 0 Å². The molecule has 1 aromatic heterocycles. The van der Waals surface area contributed by atoms with Crippen LogP contribution in [0.25, 0.3) is 22.5 Å². The highest BCUT2D eigenvalue weighted by molar-refractivity contribution is 9.10. The van der Waals surface area contributed by atoms with Crippen LogP contribution < -0.4 is 5.73 Å². The molecule has 3 nitrogen and oxygen atoms in total. The molecule has 0 aliphatic rings. The Labute approximate surface area is 135 Å². The van der Waals surface area contributed by atoms with Crippen molar-refractivity contribution >= 4 is 33.3 Å². The number of hydrogen-bond donors (Lipinski definition) is 1. The summed E-state index contributed by atoms with van der Waals surface area (Å²) in [6.45, 7) is 1.95. The Hall–Kier alpha value is -1.78. The molecule has 21 heavy (non-hydrogen) atoms. The van der Waals surface area contributed by atoms with E-state index in [-0.39, 0.29) is 0 Å². The normalized spacial score (nSPS) is 10.8. The van der Waals surface area contributed by atoms with Crippen molar-refractivity contribution in [1.29, 1.82) is 0 Å². The van der Waals surface area contributed by atoms with Gasteiger partial charge in [0.15, 0.2) is 11.6 Å². The Morgan fingerprint density at radius 3 is 2.67 bits per heavy atom. The van der Waals surface area contributed by atoms with Crippen LogP contribution in [0.5, 0.6) is 0 Å². The Kier molecular flexibility index (Phi) is 3.74. The molecule has 0 aliphatic heterocycles. The van der Waals surface area contributed by atoms with Gasteiger partial charge in [0.2, 0.25) is 0 Å². The maximum atomic E-state index is 6.07. The molecule has 2 N–H and O–H groups in total. The lowest BCUT2D eigenvalue weighted by Gasteiger charge is -2.05. The second-order valence-corrected chi connectivity index (χ2v) is 6.07. The number of nitrogen functional groups attached to an aromatic ring is 1. The van der Waals surface area contributed by atoms with E-state index in [0.29, 0.717) is 11.6 Å². The lowest BCUT2D eigenvalue weighted by molar-refractivity contribution is 0.436. The maximum Gasteiger partial charge on any atom is 0.176 e. The summed E-state index contributed by atoms with van der Waals surface area (Å²) in [7, 11) is 0. The first-order valence-electron chi connectivity index (χ1n) is 6.34. The van der Waals surface area contributed by atoms with Crippen LogP contribution in [0, 0.1) is 6.92 Å². The van der Waals surface area contributed by atoms with Gasteiger partial charge in [-0.3, -0.25) is 0 Å². The van der Waals surface area contributed by atoms with Crippen LogP contribution >= 0.6 is 27.5 Å². The van der Waals surface area contributed by atoms with Crippen molar-refractivity contribution in [2.75, 3.05) is 5.73 Å². The summed E-state index contributed by atoms with van der Waals surface area (Å²) >= 11 is 9.54. The van der Waals surface area contributed by atoms with Crippen LogP contribution in [-0.4, -0.2) is 5.16 Å². The van der Waals surface area contributed by atoms with Gasteiger partial charge in [0.25, 0.3) is 0 Å². The number of benzene rings is 2. The molecule has 106 valence electrons. The highest BCUT2D eigenvalue weighted by Gasteiger charge is 2.18. The molecule has 0 atom stereocenters. The zero-order valence-electron chi connectivity index (χ0n) is 11.2. The van der Waals surface area contributed by atoms with Gasteiger partial charge in [-0.25, -0.2) is 0 Å². The maximum absolute atomic E-state index is 6.07. The Morgan fingerprint density at radius 1 is 1.14 bits per heavy atom. The lowest BCUT2D eigenvalue weighted by atomic mass is 10.0. The van der Waals surface area contributed by atoms with Crippen molar-refractivity contribution < 1.29 is 4.52 Å². The number of nitrogens with zero attached hydrogens (tertiary/aromatic N) is 1. The molecule has 0 fully saturated rings. The van der Waals surface area contributed by atoms with Crippen molar-refractivity contribution in [3.05, 3.63) is 57.5 Å². The van der Waals surface area contributed by atoms with Crippen LogP contribution in [0.2, 0.25) is 5.02 Å². The zero-order valence-corrected chi connectivity index (χ0v) is 13.6. The Morgan fingerprint density at radius 2 is 1.95 bits per heavy atom. The molecule has 0 unspecified atom stereocenters. The average molecular weight is 364 g/mol. The van der Waals surface area contributed by atoms with Crippen LogP contribution in [0.15, 0.2) is 51.5 Å². The van der Waals surface area contributed by atoms with E-state index in [2.05, 4.69) is 21.1 Å². The third-order valence-electron chi connectivity index (χ3n) is 3.25. The minimum absolute atomic E-state index is 0.371. The van der Waals surface area contributed by atoms with E-state index < -0.39 is 0 Å². The van der Waals surface area contributed by atoms with Gasteiger partial charge in [-0.05, 0) is 48.4 Å². The summed E-state index contributed by atoms with van der Waals surface area (Å²) in [4.78, 5) is 0. The number of halogens is 2. The molecule has 0 radical (unpaired) electrons. The quantitative estimate of drug-likeness (QED) is 0.671. The molecule has 0 amide bonds. The largest absolute Gasteiger partial charge is 0.380 e. The van der Waals surface area contributed by atoms with Crippen LogP contribution in [0.3, 0.4) is 0 Å². The molecular weight excluding hydrogens is 352 g/mol. The van der Waals surface area contributed by atoms with Gasteiger partial charge in [0, 0.05) is 15.1 Å². The first kappa shape index (κ1) is 14.2. The van der Waals surface area contributed by atoms with Crippen LogP contribution in [0.4, 0.5) is 5.82 Å². The van der Waals surface area contributed by atoms with Gasteiger partial charge in [-0.2, -0.15) is 0 Å². The Bertz CT molecular complexity index is 814. The van der Waals surface area contributed by atoms with E-state index in [1.165, 1.54) is 0 Å². The predicted molar refractivity (Wildman–Crippen MR) is 89.2 cm³/mol. The summed E-state index contributed by atoms with van der Waals surface area (Å²) in [5, 5.41) is 4.62. The fourth-order valence-corrected chi connectivity index (χ4v) is 2.73. The van der Waals surface area contributed by atoms with Gasteiger partial charge in [-0.15, -0.1) is 0 Å². The number of anilines is 1. The minimum atomic E-state index is 0.371. The first-order valence-corrected chi connectivity index (χ1v) is 7.51. The lowest BCUT2D eigenvalue weighted by Crippen LogP contribution is -1.89. The molecule has 0 spiro atoms. The smallest absolute Gasteiger partial charge is 0.176 e. The van der Waals surface area contributed by atoms with Crippen molar-refractivity contribution in [1.82, 2.24) is 5.16 Å². The summed E-state index contributed by atoms with van der Waals surface area (Å²) in [6.07, 6.45) is 0. The minimum Gasteiger partial charge on any atom is -0.380 e. The molecule has 5 heteroatoms. The topological polar surface area (TPSA) is 52.0 Å². The highest BCUT2D eigenvalue weighted by atomic mass is 79.9. The third-order valence-corrected chi connectivity index (χ3v) is 4.17. The molecule has 1 heterocycles. The molecule has 0 saturated heterocycles. The molecular formula is C16H12BrClN2O. The summed E-state index contributed by atoms with van der Waals surface area (Å²) in [5.41, 5.74) is 9.60. The first-order chi connectivity index (χ1) is 10.1. The van der Waals surface area contributed by atoms with Crippen molar-refractivity contribution in [2.24, 2.45) is 0 Å². The van der Waals surface area contributed by atoms with Crippen molar-refractivity contribution in [2.45, 2.75) is 6.92 Å². The average Bonchev–Trinajstić information content (AvgIpc) is 2.84.